The Morgan fingerprint density at radius 3 is 2.35 bits per heavy atom. The Hall–Kier alpha value is -2.48. The number of fused-ring (bicyclic) bond motifs is 2. The van der Waals surface area contributed by atoms with E-state index in [-0.39, 0.29) is 24.0 Å². The number of anilines is 3. The summed E-state index contributed by atoms with van der Waals surface area (Å²) >= 11 is 0. The van der Waals surface area contributed by atoms with E-state index in [2.05, 4.69) is 17.2 Å². The Bertz CT molecular complexity index is 1280. The fraction of sp³-hybridized carbons (Fsp3) is 0.621. The van der Waals surface area contributed by atoms with E-state index >= 15 is 0 Å². The van der Waals surface area contributed by atoms with Gasteiger partial charge in [0.25, 0.3) is 0 Å². The number of hydrogen-bond donors (Lipinski definition) is 1. The molecule has 37 heavy (non-hydrogen) atoms. The minimum atomic E-state index is -3.34. The van der Waals surface area contributed by atoms with Crippen LogP contribution < -0.4 is 10.2 Å². The van der Waals surface area contributed by atoms with Crippen LogP contribution in [0.4, 0.5) is 17.5 Å². The molecule has 8 heteroatoms. The topological polar surface area (TPSA) is 92.3 Å². The summed E-state index contributed by atoms with van der Waals surface area (Å²) in [6.07, 6.45) is 11.4. The van der Waals surface area contributed by atoms with Crippen molar-refractivity contribution in [3.05, 3.63) is 35.5 Å². The van der Waals surface area contributed by atoms with Crippen LogP contribution in [0.2, 0.25) is 0 Å². The summed E-state index contributed by atoms with van der Waals surface area (Å²) in [5.74, 6) is 2.02. The number of nitrogens with zero attached hydrogens (tertiary/aromatic N) is 3. The molecule has 0 saturated heterocycles. The lowest BCUT2D eigenvalue weighted by Crippen LogP contribution is -2.39. The first-order chi connectivity index (χ1) is 17.8. The third-order valence-corrected chi connectivity index (χ3v) is 11.0. The largest absolute Gasteiger partial charge is 0.324 e. The number of amides is 1. The van der Waals surface area contributed by atoms with Crippen molar-refractivity contribution in [2.45, 2.75) is 114 Å². The van der Waals surface area contributed by atoms with Gasteiger partial charge >= 0.3 is 0 Å². The lowest BCUT2D eigenvalue weighted by Gasteiger charge is -2.26. The molecule has 1 aliphatic heterocycles. The molecule has 0 atom stereocenters. The predicted molar refractivity (Wildman–Crippen MR) is 149 cm³/mol. The molecule has 0 radical (unpaired) electrons. The highest BCUT2D eigenvalue weighted by molar-refractivity contribution is 7.92. The van der Waals surface area contributed by atoms with Crippen molar-refractivity contribution < 1.29 is 14.6 Å². The number of aromatic nitrogens is 2. The summed E-state index contributed by atoms with van der Waals surface area (Å²) in [6.45, 7) is 8.10. The Morgan fingerprint density at radius 2 is 1.73 bits per heavy atom. The summed E-state index contributed by atoms with van der Waals surface area (Å²) in [4.78, 5) is 25.0. The van der Waals surface area contributed by atoms with Crippen molar-refractivity contribution in [3.8, 4) is 0 Å². The lowest BCUT2D eigenvalue weighted by atomic mass is 9.91. The second-order valence-electron chi connectivity index (χ2n) is 11.2. The monoisotopic (exact) mass is 526 g/mol. The lowest BCUT2D eigenvalue weighted by molar-refractivity contribution is -0.120. The van der Waals surface area contributed by atoms with E-state index < -0.39 is 9.84 Å². The molecule has 3 saturated carbocycles. The highest BCUT2D eigenvalue weighted by Crippen LogP contribution is 2.57. The molecule has 6 rings (SSSR count). The fourth-order valence-corrected chi connectivity index (χ4v) is 8.19. The summed E-state index contributed by atoms with van der Waals surface area (Å²) < 4.78 is 26.4. The maximum Gasteiger partial charge on any atom is 0.239 e. The smallest absolute Gasteiger partial charge is 0.239 e. The standard InChI is InChI=1S/C27H34N4O3S.C2H6.H2/c1-17-7-9-20(10-8-17)35(33,34)21-11-12-23(18(2)15-21)29-26-28-16-22-24(30-26)31(19-5-3-4-6-19)25(32)27(22)13-14-27;1-2;/h11-12,15-17,19-20H,3-10,13-14H2,1-2H3,(H,28,29,30);1-2H3;1H. The zero-order valence-corrected chi connectivity index (χ0v) is 23.4. The van der Waals surface area contributed by atoms with Crippen LogP contribution in [-0.4, -0.2) is 35.6 Å². The molecule has 4 aliphatic rings. The molecule has 1 amide bonds. The van der Waals surface area contributed by atoms with Gasteiger partial charge in [-0.3, -0.25) is 9.69 Å². The van der Waals surface area contributed by atoms with Crippen LogP contribution in [-0.2, 0) is 20.0 Å². The summed E-state index contributed by atoms with van der Waals surface area (Å²) in [6, 6.07) is 5.50. The van der Waals surface area contributed by atoms with Crippen molar-refractivity contribution in [3.63, 3.8) is 0 Å². The number of hydrogen-bond acceptors (Lipinski definition) is 6. The van der Waals surface area contributed by atoms with Crippen LogP contribution in [0, 0.1) is 12.8 Å². The first-order valence-electron chi connectivity index (χ1n) is 14.1. The van der Waals surface area contributed by atoms with Crippen molar-refractivity contribution >= 4 is 33.2 Å². The SMILES string of the molecule is CC.Cc1cc(S(=O)(=O)C2CCC(C)CC2)ccc1Nc1ncc2c(n1)N(C1CCCC1)C(=O)C21CC1.[HH]. The Morgan fingerprint density at radius 1 is 1.05 bits per heavy atom. The highest BCUT2D eigenvalue weighted by Gasteiger charge is 2.61. The highest BCUT2D eigenvalue weighted by atomic mass is 32.2. The number of nitrogens with one attached hydrogen (secondary N) is 1. The van der Waals surface area contributed by atoms with Crippen LogP contribution in [0.3, 0.4) is 0 Å². The Kier molecular flexibility index (Phi) is 7.07. The molecular formula is C29H42N4O3S. The van der Waals surface area contributed by atoms with Gasteiger partial charge in [-0.05, 0) is 88.0 Å². The summed E-state index contributed by atoms with van der Waals surface area (Å²) in [5.41, 5.74) is 2.19. The van der Waals surface area contributed by atoms with Crippen LogP contribution in [0.5, 0.6) is 0 Å². The number of sulfone groups is 1. The van der Waals surface area contributed by atoms with Crippen molar-refractivity contribution in [2.75, 3.05) is 10.2 Å². The predicted octanol–water partition coefficient (Wildman–Crippen LogP) is 6.47. The average molecular weight is 527 g/mol. The van der Waals surface area contributed by atoms with E-state index in [9.17, 15) is 13.2 Å². The van der Waals surface area contributed by atoms with Crippen LogP contribution in [0.1, 0.15) is 97.5 Å². The molecule has 1 N–H and O–H groups in total. The third-order valence-electron chi connectivity index (χ3n) is 8.76. The van der Waals surface area contributed by atoms with Crippen LogP contribution in [0.15, 0.2) is 29.3 Å². The number of aryl methyl sites for hydroxylation is 1. The van der Waals surface area contributed by atoms with E-state index in [0.29, 0.717) is 16.8 Å². The Labute approximate surface area is 222 Å². The van der Waals surface area contributed by atoms with Crippen LogP contribution >= 0.6 is 0 Å². The summed E-state index contributed by atoms with van der Waals surface area (Å²) in [5, 5.41) is 3.00. The molecule has 202 valence electrons. The fourth-order valence-electron chi connectivity index (χ4n) is 6.31. The maximum absolute atomic E-state index is 13.3. The molecular weight excluding hydrogens is 484 g/mol. The van der Waals surface area contributed by atoms with Gasteiger partial charge in [0.05, 0.1) is 15.6 Å². The zero-order valence-electron chi connectivity index (χ0n) is 22.6. The van der Waals surface area contributed by atoms with E-state index in [1.54, 1.807) is 12.1 Å². The molecule has 1 aromatic carbocycles. The van der Waals surface area contributed by atoms with E-state index in [4.69, 9.17) is 4.98 Å². The molecule has 2 aromatic rings. The number of benzene rings is 1. The van der Waals surface area contributed by atoms with Gasteiger partial charge in [0.15, 0.2) is 9.84 Å². The van der Waals surface area contributed by atoms with Crippen LogP contribution in [0.25, 0.3) is 0 Å². The Balaban J connectivity index is 0.00000110. The average Bonchev–Trinajstić information content (AvgIpc) is 3.46. The minimum absolute atomic E-state index is 0. The van der Waals surface area contributed by atoms with E-state index in [0.717, 1.165) is 86.8 Å². The molecule has 1 aromatic heterocycles. The van der Waals surface area contributed by atoms with Crippen molar-refractivity contribution in [2.24, 2.45) is 5.92 Å². The number of rotatable bonds is 5. The first kappa shape index (κ1) is 26.1. The third kappa shape index (κ3) is 4.55. The van der Waals surface area contributed by atoms with E-state index in [1.807, 2.05) is 37.9 Å². The van der Waals surface area contributed by atoms with Gasteiger partial charge in [-0.1, -0.05) is 33.6 Å². The van der Waals surface area contributed by atoms with Gasteiger partial charge in [0.2, 0.25) is 11.9 Å². The molecule has 3 aliphatic carbocycles. The van der Waals surface area contributed by atoms with Gasteiger partial charge in [0.1, 0.15) is 5.82 Å². The molecule has 0 unspecified atom stereocenters. The molecule has 7 nitrogen and oxygen atoms in total. The normalized spacial score (nSPS) is 24.5. The van der Waals surface area contributed by atoms with Gasteiger partial charge in [-0.2, -0.15) is 4.98 Å². The van der Waals surface area contributed by atoms with Crippen molar-refractivity contribution in [1.82, 2.24) is 9.97 Å². The molecule has 0 bridgehead atoms. The van der Waals surface area contributed by atoms with Crippen molar-refractivity contribution in [1.29, 1.82) is 0 Å². The molecule has 3 fully saturated rings. The number of carbonyl (C=O) groups excluding carboxylic acids is 1. The number of carbonyl (C=O) groups is 1. The summed E-state index contributed by atoms with van der Waals surface area (Å²) in [7, 11) is -3.34. The molecule has 1 spiro atoms. The van der Waals surface area contributed by atoms with Gasteiger partial charge < -0.3 is 5.32 Å². The second-order valence-corrected chi connectivity index (χ2v) is 13.4. The first-order valence-corrected chi connectivity index (χ1v) is 15.7. The quantitative estimate of drug-likeness (QED) is 0.480. The molecule has 2 heterocycles. The van der Waals surface area contributed by atoms with Gasteiger partial charge in [-0.25, -0.2) is 13.4 Å². The minimum Gasteiger partial charge on any atom is -0.324 e. The zero-order chi connectivity index (χ0) is 26.4. The van der Waals surface area contributed by atoms with Gasteiger partial charge in [-0.15, -0.1) is 0 Å². The second kappa shape index (κ2) is 10.0. The van der Waals surface area contributed by atoms with E-state index in [1.165, 1.54) is 0 Å². The maximum atomic E-state index is 13.3. The van der Waals surface area contributed by atoms with Gasteiger partial charge in [0, 0.05) is 24.9 Å².